The lowest BCUT2D eigenvalue weighted by Gasteiger charge is -2.34. The highest BCUT2D eigenvalue weighted by molar-refractivity contribution is 7.13. The summed E-state index contributed by atoms with van der Waals surface area (Å²) in [6.07, 6.45) is 3.55. The van der Waals surface area contributed by atoms with Gasteiger partial charge in [0.05, 0.1) is 4.88 Å². The summed E-state index contributed by atoms with van der Waals surface area (Å²) < 4.78 is 7.34. The van der Waals surface area contributed by atoms with Gasteiger partial charge >= 0.3 is 0 Å². The highest BCUT2D eigenvalue weighted by atomic mass is 32.1. The van der Waals surface area contributed by atoms with Gasteiger partial charge in [-0.2, -0.15) is 4.98 Å². The Morgan fingerprint density at radius 1 is 1.13 bits per heavy atom. The standard InChI is InChI=1S/C22H24N6O2S/c1-16-5-2-7-19-23-17(15-28(16)19)22(29)27-12-10-26(11-13-27)9-3-8-20-24-21(25-30-20)18-6-4-14-31-18/h2,4-7,14-15H,3,8-13H2,1H3. The molecule has 0 atom stereocenters. The van der Waals surface area contributed by atoms with E-state index in [9.17, 15) is 4.79 Å². The van der Waals surface area contributed by atoms with Crippen molar-refractivity contribution >= 4 is 22.9 Å². The first-order chi connectivity index (χ1) is 15.2. The lowest BCUT2D eigenvalue weighted by atomic mass is 10.2. The van der Waals surface area contributed by atoms with Crippen LogP contribution < -0.4 is 0 Å². The van der Waals surface area contributed by atoms with Gasteiger partial charge in [-0.3, -0.25) is 9.69 Å². The van der Waals surface area contributed by atoms with Gasteiger partial charge in [-0.25, -0.2) is 4.98 Å². The van der Waals surface area contributed by atoms with Crippen LogP contribution in [0.1, 0.15) is 28.5 Å². The Balaban J connectivity index is 1.10. The number of fused-ring (bicyclic) bond motifs is 1. The van der Waals surface area contributed by atoms with Crippen LogP contribution in [0.4, 0.5) is 0 Å². The van der Waals surface area contributed by atoms with E-state index in [1.54, 1.807) is 11.3 Å². The molecule has 8 nitrogen and oxygen atoms in total. The van der Waals surface area contributed by atoms with E-state index in [2.05, 4.69) is 20.0 Å². The minimum Gasteiger partial charge on any atom is -0.339 e. The third kappa shape index (κ3) is 4.24. The fourth-order valence-electron chi connectivity index (χ4n) is 3.90. The molecule has 0 N–H and O–H groups in total. The van der Waals surface area contributed by atoms with Crippen LogP contribution in [0.15, 0.2) is 46.4 Å². The van der Waals surface area contributed by atoms with Gasteiger partial charge in [0, 0.05) is 44.5 Å². The minimum atomic E-state index is 0.00900. The van der Waals surface area contributed by atoms with Gasteiger partial charge in [0.1, 0.15) is 11.3 Å². The molecule has 0 aliphatic carbocycles. The van der Waals surface area contributed by atoms with Crippen LogP contribution in [0.2, 0.25) is 0 Å². The average molecular weight is 437 g/mol. The van der Waals surface area contributed by atoms with Crippen molar-refractivity contribution in [1.82, 2.24) is 29.3 Å². The fourth-order valence-corrected chi connectivity index (χ4v) is 4.55. The van der Waals surface area contributed by atoms with E-state index in [1.165, 1.54) is 0 Å². The zero-order valence-corrected chi connectivity index (χ0v) is 18.2. The Kier molecular flexibility index (Phi) is 5.52. The third-order valence-electron chi connectivity index (χ3n) is 5.65. The average Bonchev–Trinajstić information content (AvgIpc) is 3.54. The number of pyridine rings is 1. The predicted molar refractivity (Wildman–Crippen MR) is 118 cm³/mol. The molecule has 1 aliphatic rings. The zero-order valence-electron chi connectivity index (χ0n) is 17.4. The molecule has 0 unspecified atom stereocenters. The maximum atomic E-state index is 12.9. The molecule has 1 aliphatic heterocycles. The number of rotatable bonds is 6. The van der Waals surface area contributed by atoms with Crippen LogP contribution in [0.5, 0.6) is 0 Å². The second-order valence-electron chi connectivity index (χ2n) is 7.75. The van der Waals surface area contributed by atoms with Crippen LogP contribution in [0.25, 0.3) is 16.3 Å². The van der Waals surface area contributed by atoms with Crippen molar-refractivity contribution in [1.29, 1.82) is 0 Å². The van der Waals surface area contributed by atoms with E-state index in [4.69, 9.17) is 4.52 Å². The Hall–Kier alpha value is -3.04. The predicted octanol–water partition coefficient (Wildman–Crippen LogP) is 3.14. The molecule has 1 amide bonds. The number of amides is 1. The van der Waals surface area contributed by atoms with E-state index in [-0.39, 0.29) is 5.91 Å². The summed E-state index contributed by atoms with van der Waals surface area (Å²) in [5.74, 6) is 1.35. The highest BCUT2D eigenvalue weighted by Crippen LogP contribution is 2.21. The summed E-state index contributed by atoms with van der Waals surface area (Å²) in [5, 5.41) is 6.07. The second-order valence-corrected chi connectivity index (χ2v) is 8.70. The Morgan fingerprint density at radius 2 is 2.00 bits per heavy atom. The summed E-state index contributed by atoms with van der Waals surface area (Å²) in [6, 6.07) is 9.87. The molecule has 31 heavy (non-hydrogen) atoms. The maximum absolute atomic E-state index is 12.9. The van der Waals surface area contributed by atoms with E-state index in [0.717, 1.165) is 61.8 Å². The first-order valence-corrected chi connectivity index (χ1v) is 11.4. The van der Waals surface area contributed by atoms with E-state index in [0.29, 0.717) is 17.4 Å². The molecule has 0 saturated carbocycles. The molecule has 0 aromatic carbocycles. The molecular formula is C22H24N6O2S. The van der Waals surface area contributed by atoms with Crippen molar-refractivity contribution < 1.29 is 9.32 Å². The van der Waals surface area contributed by atoms with E-state index in [1.807, 2.05) is 58.1 Å². The quantitative estimate of drug-likeness (QED) is 0.462. The van der Waals surface area contributed by atoms with Gasteiger partial charge in [-0.15, -0.1) is 11.3 Å². The Labute approximate surface area is 184 Å². The number of hydrogen-bond acceptors (Lipinski definition) is 7. The number of thiophene rings is 1. The van der Waals surface area contributed by atoms with Gasteiger partial charge in [0.25, 0.3) is 5.91 Å². The fraction of sp³-hybridized carbons (Fsp3) is 0.364. The minimum absolute atomic E-state index is 0.00900. The van der Waals surface area contributed by atoms with Crippen LogP contribution in [-0.4, -0.2) is 68.0 Å². The molecule has 0 spiro atoms. The van der Waals surface area contributed by atoms with Crippen molar-refractivity contribution in [3.8, 4) is 10.7 Å². The van der Waals surface area contributed by atoms with Gasteiger partial charge in [0.15, 0.2) is 0 Å². The van der Waals surface area contributed by atoms with Crippen LogP contribution in [-0.2, 0) is 6.42 Å². The summed E-state index contributed by atoms with van der Waals surface area (Å²) in [5.41, 5.74) is 2.39. The smallest absolute Gasteiger partial charge is 0.274 e. The van der Waals surface area contributed by atoms with Crippen LogP contribution in [0, 0.1) is 6.92 Å². The highest BCUT2D eigenvalue weighted by Gasteiger charge is 2.24. The van der Waals surface area contributed by atoms with Crippen molar-refractivity contribution in [3.05, 3.63) is 59.2 Å². The van der Waals surface area contributed by atoms with E-state index < -0.39 is 0 Å². The molecule has 5 rings (SSSR count). The molecule has 4 aromatic heterocycles. The Morgan fingerprint density at radius 3 is 2.77 bits per heavy atom. The summed E-state index contributed by atoms with van der Waals surface area (Å²) in [4.78, 5) is 27.2. The SMILES string of the molecule is Cc1cccc2nc(C(=O)N3CCN(CCCc4nc(-c5cccs5)no4)CC3)cn12. The van der Waals surface area contributed by atoms with Gasteiger partial charge < -0.3 is 13.8 Å². The number of aryl methyl sites for hydroxylation is 2. The largest absolute Gasteiger partial charge is 0.339 e. The summed E-state index contributed by atoms with van der Waals surface area (Å²) in [6.45, 7) is 6.12. The van der Waals surface area contributed by atoms with Gasteiger partial charge in [-0.1, -0.05) is 17.3 Å². The van der Waals surface area contributed by atoms with Crippen molar-refractivity contribution in [2.75, 3.05) is 32.7 Å². The molecule has 9 heteroatoms. The maximum Gasteiger partial charge on any atom is 0.274 e. The second kappa shape index (κ2) is 8.60. The van der Waals surface area contributed by atoms with Crippen LogP contribution >= 0.6 is 11.3 Å². The number of piperazine rings is 1. The molecule has 4 aromatic rings. The Bertz CT molecular complexity index is 1170. The number of carbonyl (C=O) groups is 1. The first kappa shape index (κ1) is 19.9. The number of carbonyl (C=O) groups excluding carboxylic acids is 1. The first-order valence-electron chi connectivity index (χ1n) is 10.5. The topological polar surface area (TPSA) is 79.8 Å². The van der Waals surface area contributed by atoms with Crippen LogP contribution in [0.3, 0.4) is 0 Å². The molecule has 5 heterocycles. The normalized spacial score (nSPS) is 15.1. The summed E-state index contributed by atoms with van der Waals surface area (Å²) >= 11 is 1.61. The van der Waals surface area contributed by atoms with Gasteiger partial charge in [0.2, 0.25) is 11.7 Å². The molecule has 160 valence electrons. The zero-order chi connectivity index (χ0) is 21.2. The summed E-state index contributed by atoms with van der Waals surface area (Å²) in [7, 11) is 0. The number of aromatic nitrogens is 4. The van der Waals surface area contributed by atoms with Crippen molar-refractivity contribution in [3.63, 3.8) is 0 Å². The lowest BCUT2D eigenvalue weighted by molar-refractivity contribution is 0.0630. The molecule has 0 radical (unpaired) electrons. The molecule has 1 saturated heterocycles. The van der Waals surface area contributed by atoms with Crippen molar-refractivity contribution in [2.45, 2.75) is 19.8 Å². The monoisotopic (exact) mass is 436 g/mol. The number of hydrogen-bond donors (Lipinski definition) is 0. The van der Waals surface area contributed by atoms with E-state index >= 15 is 0 Å². The van der Waals surface area contributed by atoms with Gasteiger partial charge in [-0.05, 0) is 43.5 Å². The third-order valence-corrected chi connectivity index (χ3v) is 6.51. The number of nitrogens with zero attached hydrogens (tertiary/aromatic N) is 6. The molecule has 0 bridgehead atoms. The molecule has 1 fully saturated rings. The lowest BCUT2D eigenvalue weighted by Crippen LogP contribution is -2.49. The van der Waals surface area contributed by atoms with Crippen molar-refractivity contribution in [2.24, 2.45) is 0 Å². The molecular weight excluding hydrogens is 412 g/mol. The number of imidazole rings is 1.